The number of hydrogen-bond acceptors (Lipinski definition) is 5. The molecule has 7 heteroatoms. The van der Waals surface area contributed by atoms with E-state index in [1.54, 1.807) is 6.07 Å². The molecule has 1 aliphatic rings. The van der Waals surface area contributed by atoms with Crippen LogP contribution in [0.5, 0.6) is 0 Å². The number of carboxylic acid groups (broad SMARTS) is 1. The number of para-hydroxylation sites is 1. The number of nitrogens with zero attached hydrogens (tertiary/aromatic N) is 1. The molecular formula is C22H23N3O4. The molecule has 0 saturated carbocycles. The third-order valence-corrected chi connectivity index (χ3v) is 4.13. The topological polar surface area (TPSA) is 118 Å². The van der Waals surface area contributed by atoms with Gasteiger partial charge in [-0.15, -0.1) is 0 Å². The Balaban J connectivity index is 0.00000145. The lowest BCUT2D eigenvalue weighted by atomic mass is 9.99. The lowest BCUT2D eigenvalue weighted by Gasteiger charge is -2.18. The summed E-state index contributed by atoms with van der Waals surface area (Å²) in [4.78, 5) is 22.0. The SMILES string of the molecule is CC.Nc1ccccc1/C(Nc1ccc(C(=O)O)cc1[N+](=O)[O-])=C1/C=CC=CC1. The first-order valence-corrected chi connectivity index (χ1v) is 9.17. The molecule has 2 aromatic rings. The van der Waals surface area contributed by atoms with E-state index in [0.29, 0.717) is 23.4 Å². The number of carbonyl (C=O) groups is 1. The molecule has 29 heavy (non-hydrogen) atoms. The van der Waals surface area contributed by atoms with Crippen molar-refractivity contribution in [3.63, 3.8) is 0 Å². The van der Waals surface area contributed by atoms with Gasteiger partial charge in [0, 0.05) is 17.3 Å². The first kappa shape index (κ1) is 21.4. The Morgan fingerprint density at radius 2 is 1.90 bits per heavy atom. The largest absolute Gasteiger partial charge is 0.478 e. The Kier molecular flexibility index (Phi) is 7.31. The van der Waals surface area contributed by atoms with Gasteiger partial charge in [0.1, 0.15) is 5.69 Å². The van der Waals surface area contributed by atoms with E-state index in [4.69, 9.17) is 10.8 Å². The van der Waals surface area contributed by atoms with Crippen molar-refractivity contribution in [3.8, 4) is 0 Å². The fourth-order valence-electron chi connectivity index (χ4n) is 2.80. The van der Waals surface area contributed by atoms with E-state index in [0.717, 1.165) is 11.6 Å². The molecule has 0 bridgehead atoms. The van der Waals surface area contributed by atoms with Crippen molar-refractivity contribution in [2.75, 3.05) is 11.1 Å². The number of nitro groups is 1. The summed E-state index contributed by atoms with van der Waals surface area (Å²) in [5.41, 5.74) is 8.62. The predicted molar refractivity (Wildman–Crippen MR) is 116 cm³/mol. The van der Waals surface area contributed by atoms with Gasteiger partial charge in [-0.3, -0.25) is 10.1 Å². The van der Waals surface area contributed by atoms with E-state index in [2.05, 4.69) is 5.32 Å². The highest BCUT2D eigenvalue weighted by Crippen LogP contribution is 2.33. The Bertz CT molecular complexity index is 1010. The minimum atomic E-state index is -1.23. The van der Waals surface area contributed by atoms with Crippen LogP contribution in [0.25, 0.3) is 5.70 Å². The number of aromatic carboxylic acids is 1. The molecule has 0 unspecified atom stereocenters. The van der Waals surface area contributed by atoms with Crippen molar-refractivity contribution in [2.45, 2.75) is 20.3 Å². The van der Waals surface area contributed by atoms with Crippen LogP contribution in [0.1, 0.15) is 36.2 Å². The maximum Gasteiger partial charge on any atom is 0.335 e. The van der Waals surface area contributed by atoms with E-state index in [1.807, 2.05) is 56.4 Å². The number of nitrogens with one attached hydrogen (secondary N) is 1. The Morgan fingerprint density at radius 1 is 1.17 bits per heavy atom. The molecule has 1 aliphatic carbocycles. The molecule has 150 valence electrons. The zero-order valence-electron chi connectivity index (χ0n) is 16.3. The van der Waals surface area contributed by atoms with E-state index >= 15 is 0 Å². The zero-order valence-corrected chi connectivity index (χ0v) is 16.3. The maximum atomic E-state index is 11.5. The molecule has 0 saturated heterocycles. The smallest absolute Gasteiger partial charge is 0.335 e. The monoisotopic (exact) mass is 393 g/mol. The number of nitro benzene ring substituents is 1. The fourth-order valence-corrected chi connectivity index (χ4v) is 2.80. The van der Waals surface area contributed by atoms with Gasteiger partial charge in [0.2, 0.25) is 0 Å². The third-order valence-electron chi connectivity index (χ3n) is 4.13. The standard InChI is InChI=1S/C20H17N3O4.C2H6/c21-16-9-5-4-8-15(16)19(13-6-2-1-3-7-13)22-17-11-10-14(20(24)25)12-18(17)23(26)27;1-2/h1-6,8-12,22H,7,21H2,(H,24,25);1-2H3/b19-13+;. The maximum absolute atomic E-state index is 11.5. The van der Waals surface area contributed by atoms with Gasteiger partial charge in [-0.2, -0.15) is 0 Å². The molecule has 0 atom stereocenters. The summed E-state index contributed by atoms with van der Waals surface area (Å²) in [6, 6.07) is 11.0. The van der Waals surface area contributed by atoms with Crippen molar-refractivity contribution in [2.24, 2.45) is 0 Å². The summed E-state index contributed by atoms with van der Waals surface area (Å²) in [6.07, 6.45) is 8.31. The molecular weight excluding hydrogens is 370 g/mol. The average molecular weight is 393 g/mol. The fraction of sp³-hybridized carbons (Fsp3) is 0.136. The van der Waals surface area contributed by atoms with Gasteiger partial charge in [0.15, 0.2) is 0 Å². The van der Waals surface area contributed by atoms with Crippen LogP contribution in [0, 0.1) is 10.1 Å². The van der Waals surface area contributed by atoms with Crippen LogP contribution < -0.4 is 11.1 Å². The first-order chi connectivity index (χ1) is 14.0. The number of rotatable bonds is 5. The number of nitrogens with two attached hydrogens (primary N) is 1. The first-order valence-electron chi connectivity index (χ1n) is 9.17. The number of benzene rings is 2. The van der Waals surface area contributed by atoms with E-state index < -0.39 is 10.9 Å². The molecule has 7 nitrogen and oxygen atoms in total. The molecule has 0 amide bonds. The van der Waals surface area contributed by atoms with Gasteiger partial charge in [-0.1, -0.05) is 56.4 Å². The van der Waals surface area contributed by atoms with Crippen molar-refractivity contribution in [1.82, 2.24) is 0 Å². The van der Waals surface area contributed by atoms with Crippen LogP contribution in [-0.2, 0) is 0 Å². The van der Waals surface area contributed by atoms with Gasteiger partial charge < -0.3 is 16.2 Å². The van der Waals surface area contributed by atoms with Crippen LogP contribution in [0.15, 0.2) is 72.3 Å². The second-order valence-corrected chi connectivity index (χ2v) is 5.90. The molecule has 0 aromatic heterocycles. The van der Waals surface area contributed by atoms with E-state index in [1.165, 1.54) is 12.1 Å². The highest BCUT2D eigenvalue weighted by Gasteiger charge is 2.20. The summed E-state index contributed by atoms with van der Waals surface area (Å²) < 4.78 is 0. The minimum absolute atomic E-state index is 0.152. The summed E-state index contributed by atoms with van der Waals surface area (Å²) in [5.74, 6) is -1.23. The molecule has 0 fully saturated rings. The minimum Gasteiger partial charge on any atom is -0.478 e. The second kappa shape index (κ2) is 9.89. The normalized spacial score (nSPS) is 13.9. The van der Waals surface area contributed by atoms with Gasteiger partial charge in [-0.05, 0) is 30.2 Å². The number of carboxylic acids is 1. The molecule has 0 aliphatic heterocycles. The third kappa shape index (κ3) is 5.10. The van der Waals surface area contributed by atoms with Crippen molar-refractivity contribution in [3.05, 3.63) is 93.6 Å². The van der Waals surface area contributed by atoms with Crippen molar-refractivity contribution < 1.29 is 14.8 Å². The molecule has 0 spiro atoms. The summed E-state index contributed by atoms with van der Waals surface area (Å²) in [5, 5.41) is 23.7. The van der Waals surface area contributed by atoms with E-state index in [-0.39, 0.29) is 16.9 Å². The summed E-state index contributed by atoms with van der Waals surface area (Å²) >= 11 is 0. The molecule has 2 aromatic carbocycles. The Morgan fingerprint density at radius 3 is 2.48 bits per heavy atom. The highest BCUT2D eigenvalue weighted by atomic mass is 16.6. The summed E-state index contributed by atoms with van der Waals surface area (Å²) in [7, 11) is 0. The zero-order chi connectivity index (χ0) is 21.4. The number of nitrogen functional groups attached to an aromatic ring is 1. The molecule has 0 heterocycles. The van der Waals surface area contributed by atoms with Gasteiger partial charge in [-0.25, -0.2) is 4.79 Å². The van der Waals surface area contributed by atoms with E-state index in [9.17, 15) is 14.9 Å². The predicted octanol–water partition coefficient (Wildman–Crippen LogP) is 5.24. The van der Waals surface area contributed by atoms with Crippen LogP contribution in [0.4, 0.5) is 17.1 Å². The number of allylic oxidation sites excluding steroid dienone is 5. The molecule has 3 rings (SSSR count). The highest BCUT2D eigenvalue weighted by molar-refractivity contribution is 5.92. The van der Waals surface area contributed by atoms with Crippen LogP contribution in [0.2, 0.25) is 0 Å². The van der Waals surface area contributed by atoms with Crippen molar-refractivity contribution in [1.29, 1.82) is 0 Å². The second-order valence-electron chi connectivity index (χ2n) is 5.90. The van der Waals surface area contributed by atoms with Crippen molar-refractivity contribution >= 4 is 28.7 Å². The number of anilines is 2. The lowest BCUT2D eigenvalue weighted by molar-refractivity contribution is -0.383. The van der Waals surface area contributed by atoms with Crippen LogP contribution >= 0.6 is 0 Å². The Labute approximate surface area is 169 Å². The summed E-state index contributed by atoms with van der Waals surface area (Å²) in [6.45, 7) is 4.00. The molecule has 4 N–H and O–H groups in total. The van der Waals surface area contributed by atoms with Crippen LogP contribution in [-0.4, -0.2) is 16.0 Å². The number of hydrogen-bond donors (Lipinski definition) is 3. The lowest BCUT2D eigenvalue weighted by Crippen LogP contribution is -2.08. The average Bonchev–Trinajstić information content (AvgIpc) is 2.74. The quantitative estimate of drug-likeness (QED) is 0.363. The Hall–Kier alpha value is -3.87. The van der Waals surface area contributed by atoms with Gasteiger partial charge >= 0.3 is 5.97 Å². The van der Waals surface area contributed by atoms with Crippen LogP contribution in [0.3, 0.4) is 0 Å². The molecule has 0 radical (unpaired) electrons. The van der Waals surface area contributed by atoms with Gasteiger partial charge in [0.05, 0.1) is 16.2 Å². The van der Waals surface area contributed by atoms with Gasteiger partial charge in [0.25, 0.3) is 5.69 Å².